The summed E-state index contributed by atoms with van der Waals surface area (Å²) in [5, 5.41) is 5.22. The van der Waals surface area contributed by atoms with Crippen LogP contribution >= 0.6 is 11.3 Å². The van der Waals surface area contributed by atoms with Crippen molar-refractivity contribution in [3.05, 3.63) is 76.1 Å². The average Bonchev–Trinajstić information content (AvgIpc) is 3.22. The molecule has 0 saturated heterocycles. The van der Waals surface area contributed by atoms with Crippen molar-refractivity contribution in [3.63, 3.8) is 0 Å². The van der Waals surface area contributed by atoms with Gasteiger partial charge in [0.1, 0.15) is 11.6 Å². The quantitative estimate of drug-likeness (QED) is 0.540. The number of pyridine rings is 1. The number of aromatic nitrogens is 1. The van der Waals surface area contributed by atoms with Crippen LogP contribution in [0.5, 0.6) is 5.75 Å². The number of hydrogen-bond donors (Lipinski definition) is 1. The lowest BCUT2D eigenvalue weighted by molar-refractivity contribution is 0.320. The Hall–Kier alpha value is -2.33. The van der Waals surface area contributed by atoms with E-state index in [1.165, 1.54) is 10.4 Å². The molecule has 0 aliphatic carbocycles. The molecular weight excluding hydrogens is 340 g/mol. The third-order valence-electron chi connectivity index (χ3n) is 4.53. The second kappa shape index (κ2) is 9.39. The summed E-state index contributed by atoms with van der Waals surface area (Å²) in [5.41, 5.74) is 2.40. The van der Waals surface area contributed by atoms with Crippen LogP contribution in [-0.2, 0) is 12.8 Å². The Morgan fingerprint density at radius 3 is 2.62 bits per heavy atom. The van der Waals surface area contributed by atoms with E-state index in [2.05, 4.69) is 59.0 Å². The van der Waals surface area contributed by atoms with E-state index < -0.39 is 0 Å². The smallest absolute Gasteiger partial charge is 0.125 e. The fourth-order valence-electron chi connectivity index (χ4n) is 3.01. The van der Waals surface area contributed by atoms with Gasteiger partial charge in [-0.2, -0.15) is 0 Å². The van der Waals surface area contributed by atoms with Gasteiger partial charge in [0.25, 0.3) is 0 Å². The van der Waals surface area contributed by atoms with Gasteiger partial charge < -0.3 is 10.1 Å². The van der Waals surface area contributed by atoms with Gasteiger partial charge in [0, 0.05) is 24.0 Å². The first-order valence-corrected chi connectivity index (χ1v) is 10.0. The van der Waals surface area contributed by atoms with Crippen molar-refractivity contribution in [2.75, 3.05) is 19.0 Å². The number of nitrogens with one attached hydrogen (secondary N) is 1. The third kappa shape index (κ3) is 5.09. The number of rotatable bonds is 9. The van der Waals surface area contributed by atoms with Gasteiger partial charge >= 0.3 is 0 Å². The molecule has 1 aromatic carbocycles. The topological polar surface area (TPSA) is 34.1 Å². The highest BCUT2D eigenvalue weighted by Crippen LogP contribution is 2.28. The van der Waals surface area contributed by atoms with Gasteiger partial charge in [-0.05, 0) is 60.0 Å². The van der Waals surface area contributed by atoms with Crippen molar-refractivity contribution in [1.82, 2.24) is 4.98 Å². The molecule has 0 aliphatic rings. The van der Waals surface area contributed by atoms with E-state index in [9.17, 15) is 0 Å². The van der Waals surface area contributed by atoms with E-state index in [0.717, 1.165) is 36.5 Å². The number of hydrogen-bond acceptors (Lipinski definition) is 4. The molecule has 3 nitrogen and oxygen atoms in total. The van der Waals surface area contributed by atoms with Gasteiger partial charge in [-0.1, -0.05) is 31.2 Å². The van der Waals surface area contributed by atoms with Crippen LogP contribution in [0.4, 0.5) is 5.82 Å². The standard InChI is InChI=1S/C22H26N2OS/c1-3-18(21-7-5-15-26-21)16-17-9-11-20(12-10-17)25-14-13-19-6-4-8-22(23-2)24-19/h4-12,15,18H,3,13-14,16H2,1-2H3,(H,23,24). The first-order chi connectivity index (χ1) is 12.8. The predicted octanol–water partition coefficient (Wildman–Crippen LogP) is 5.54. The van der Waals surface area contributed by atoms with Crippen molar-refractivity contribution in [3.8, 4) is 5.75 Å². The summed E-state index contributed by atoms with van der Waals surface area (Å²) in [7, 11) is 1.88. The number of anilines is 1. The number of ether oxygens (including phenoxy) is 1. The molecule has 0 spiro atoms. The maximum absolute atomic E-state index is 5.88. The molecule has 1 atom stereocenters. The molecule has 2 aromatic heterocycles. The minimum absolute atomic E-state index is 0.604. The van der Waals surface area contributed by atoms with Gasteiger partial charge in [0.15, 0.2) is 0 Å². The number of benzene rings is 1. The van der Waals surface area contributed by atoms with Crippen LogP contribution in [0.1, 0.15) is 35.4 Å². The van der Waals surface area contributed by atoms with Gasteiger partial charge in [0.2, 0.25) is 0 Å². The third-order valence-corrected chi connectivity index (χ3v) is 5.57. The SMILES string of the molecule is CCC(Cc1ccc(OCCc2cccc(NC)n2)cc1)c1cccs1. The Morgan fingerprint density at radius 1 is 1.08 bits per heavy atom. The number of nitrogens with zero attached hydrogens (tertiary/aromatic N) is 1. The molecule has 0 aliphatic heterocycles. The molecule has 0 fully saturated rings. The fraction of sp³-hybridized carbons (Fsp3) is 0.318. The first-order valence-electron chi connectivity index (χ1n) is 9.17. The minimum Gasteiger partial charge on any atom is -0.493 e. The zero-order valence-corrected chi connectivity index (χ0v) is 16.3. The summed E-state index contributed by atoms with van der Waals surface area (Å²) >= 11 is 1.85. The largest absolute Gasteiger partial charge is 0.493 e. The van der Waals surface area contributed by atoms with E-state index >= 15 is 0 Å². The molecule has 0 saturated carbocycles. The Balaban J connectivity index is 1.51. The van der Waals surface area contributed by atoms with Crippen LogP contribution in [0, 0.1) is 0 Å². The molecular formula is C22H26N2OS. The molecule has 26 heavy (non-hydrogen) atoms. The monoisotopic (exact) mass is 366 g/mol. The molecule has 0 amide bonds. The highest BCUT2D eigenvalue weighted by atomic mass is 32.1. The summed E-state index contributed by atoms with van der Waals surface area (Å²) in [4.78, 5) is 5.99. The molecule has 1 unspecified atom stereocenters. The summed E-state index contributed by atoms with van der Waals surface area (Å²) in [5.74, 6) is 2.41. The van der Waals surface area contributed by atoms with Crippen molar-refractivity contribution < 1.29 is 4.74 Å². The molecule has 3 rings (SSSR count). The molecule has 4 heteroatoms. The van der Waals surface area contributed by atoms with Gasteiger partial charge in [-0.15, -0.1) is 11.3 Å². The molecule has 3 aromatic rings. The maximum atomic E-state index is 5.88. The zero-order valence-electron chi connectivity index (χ0n) is 15.4. The molecule has 0 radical (unpaired) electrons. The van der Waals surface area contributed by atoms with E-state index in [1.807, 2.05) is 36.6 Å². The number of thiophene rings is 1. The van der Waals surface area contributed by atoms with Crippen LogP contribution in [0.2, 0.25) is 0 Å². The summed E-state index contributed by atoms with van der Waals surface area (Å²) in [6.45, 7) is 2.89. The summed E-state index contributed by atoms with van der Waals surface area (Å²) in [6.07, 6.45) is 3.04. The van der Waals surface area contributed by atoms with Crippen molar-refractivity contribution in [2.45, 2.75) is 32.1 Å². The van der Waals surface area contributed by atoms with Crippen LogP contribution in [0.15, 0.2) is 60.0 Å². The highest BCUT2D eigenvalue weighted by molar-refractivity contribution is 7.10. The lowest BCUT2D eigenvalue weighted by Gasteiger charge is -2.13. The highest BCUT2D eigenvalue weighted by Gasteiger charge is 2.11. The fourth-order valence-corrected chi connectivity index (χ4v) is 3.92. The van der Waals surface area contributed by atoms with Crippen LogP contribution < -0.4 is 10.1 Å². The molecule has 0 bridgehead atoms. The average molecular weight is 367 g/mol. The molecule has 1 N–H and O–H groups in total. The van der Waals surface area contributed by atoms with E-state index in [1.54, 1.807) is 0 Å². The van der Waals surface area contributed by atoms with Crippen LogP contribution in [-0.4, -0.2) is 18.6 Å². The first kappa shape index (κ1) is 18.5. The second-order valence-corrected chi connectivity index (χ2v) is 7.31. The van der Waals surface area contributed by atoms with E-state index in [-0.39, 0.29) is 0 Å². The van der Waals surface area contributed by atoms with Crippen LogP contribution in [0.25, 0.3) is 0 Å². The normalized spacial score (nSPS) is 11.9. The summed E-state index contributed by atoms with van der Waals surface area (Å²) in [6, 6.07) is 18.9. The Labute approximate surface area is 160 Å². The van der Waals surface area contributed by atoms with Crippen molar-refractivity contribution in [1.29, 1.82) is 0 Å². The van der Waals surface area contributed by atoms with Gasteiger partial charge in [-0.25, -0.2) is 4.98 Å². The minimum atomic E-state index is 0.604. The summed E-state index contributed by atoms with van der Waals surface area (Å²) < 4.78 is 5.88. The lowest BCUT2D eigenvalue weighted by Crippen LogP contribution is -2.04. The second-order valence-electron chi connectivity index (χ2n) is 6.33. The zero-order chi connectivity index (χ0) is 18.2. The van der Waals surface area contributed by atoms with E-state index in [0.29, 0.717) is 12.5 Å². The van der Waals surface area contributed by atoms with Crippen molar-refractivity contribution in [2.24, 2.45) is 0 Å². The van der Waals surface area contributed by atoms with Gasteiger partial charge in [-0.3, -0.25) is 0 Å². The molecule has 136 valence electrons. The van der Waals surface area contributed by atoms with Crippen LogP contribution in [0.3, 0.4) is 0 Å². The predicted molar refractivity (Wildman–Crippen MR) is 110 cm³/mol. The van der Waals surface area contributed by atoms with Gasteiger partial charge in [0.05, 0.1) is 6.61 Å². The van der Waals surface area contributed by atoms with E-state index in [4.69, 9.17) is 4.74 Å². The Kier molecular flexibility index (Phi) is 6.67. The van der Waals surface area contributed by atoms with Crippen molar-refractivity contribution >= 4 is 17.2 Å². The Bertz CT molecular complexity index is 784. The maximum Gasteiger partial charge on any atom is 0.125 e. The molecule has 2 heterocycles. The Morgan fingerprint density at radius 2 is 1.92 bits per heavy atom. The lowest BCUT2D eigenvalue weighted by atomic mass is 9.95.